The van der Waals surface area contributed by atoms with E-state index in [4.69, 9.17) is 10.8 Å². The van der Waals surface area contributed by atoms with Gasteiger partial charge in [-0.25, -0.2) is 0 Å². The zero-order chi connectivity index (χ0) is 14.2. The largest absolute Gasteiger partial charge is 0.396 e. The smallest absolute Gasteiger partial charge is 0.217 e. The van der Waals surface area contributed by atoms with E-state index in [1.165, 1.54) is 64.2 Å². The molecule has 0 atom stereocenters. The van der Waals surface area contributed by atoms with Gasteiger partial charge in [0.2, 0.25) is 5.91 Å². The molecule has 19 heavy (non-hydrogen) atoms. The lowest BCUT2D eigenvalue weighted by molar-refractivity contribution is -0.118. The summed E-state index contributed by atoms with van der Waals surface area (Å²) in [6, 6.07) is 0. The summed E-state index contributed by atoms with van der Waals surface area (Å²) in [5.74, 6) is -0.168. The van der Waals surface area contributed by atoms with Gasteiger partial charge in [0.25, 0.3) is 0 Å². The number of primary amides is 1. The fraction of sp³-hybridized carbons (Fsp3) is 0.938. The minimum absolute atomic E-state index is 0.168. The van der Waals surface area contributed by atoms with E-state index in [-0.39, 0.29) is 5.91 Å². The number of unbranched alkanes of at least 4 members (excludes halogenated alkanes) is 12. The Morgan fingerprint density at radius 1 is 0.632 bits per heavy atom. The molecule has 0 heterocycles. The van der Waals surface area contributed by atoms with Crippen molar-refractivity contribution in [1.82, 2.24) is 0 Å². The molecule has 3 N–H and O–H groups in total. The van der Waals surface area contributed by atoms with Gasteiger partial charge >= 0.3 is 0 Å². The molecule has 0 aliphatic rings. The Hall–Kier alpha value is -0.570. The summed E-state index contributed by atoms with van der Waals surface area (Å²) in [7, 11) is 0. The quantitative estimate of drug-likeness (QED) is 0.443. The van der Waals surface area contributed by atoms with Crippen molar-refractivity contribution in [2.45, 2.75) is 89.9 Å². The van der Waals surface area contributed by atoms with Crippen molar-refractivity contribution in [2.75, 3.05) is 6.61 Å². The molecule has 0 aromatic carbocycles. The second-order valence-corrected chi connectivity index (χ2v) is 5.54. The first-order valence-electron chi connectivity index (χ1n) is 8.16. The third-order valence-corrected chi connectivity index (χ3v) is 3.58. The minimum Gasteiger partial charge on any atom is -0.396 e. The molecule has 0 aromatic heterocycles. The van der Waals surface area contributed by atoms with Gasteiger partial charge < -0.3 is 10.8 Å². The van der Waals surface area contributed by atoms with E-state index < -0.39 is 0 Å². The molecule has 0 unspecified atom stereocenters. The summed E-state index contributed by atoms with van der Waals surface area (Å²) < 4.78 is 0. The minimum atomic E-state index is -0.168. The van der Waals surface area contributed by atoms with Gasteiger partial charge in [-0.05, 0) is 12.8 Å². The number of hydrogen-bond acceptors (Lipinski definition) is 2. The van der Waals surface area contributed by atoms with Crippen LogP contribution in [0, 0.1) is 0 Å². The van der Waals surface area contributed by atoms with Crippen LogP contribution >= 0.6 is 0 Å². The average molecular weight is 271 g/mol. The maximum absolute atomic E-state index is 10.5. The number of aliphatic hydroxyl groups is 1. The molecule has 0 fully saturated rings. The van der Waals surface area contributed by atoms with Gasteiger partial charge in [-0.1, -0.05) is 70.6 Å². The van der Waals surface area contributed by atoms with Gasteiger partial charge in [0.05, 0.1) is 0 Å². The van der Waals surface area contributed by atoms with Crippen LogP contribution in [0.4, 0.5) is 0 Å². The molecule has 0 spiro atoms. The van der Waals surface area contributed by atoms with Crippen molar-refractivity contribution < 1.29 is 9.90 Å². The van der Waals surface area contributed by atoms with Gasteiger partial charge in [0.1, 0.15) is 0 Å². The molecule has 0 radical (unpaired) electrons. The van der Waals surface area contributed by atoms with Gasteiger partial charge in [-0.15, -0.1) is 0 Å². The first-order valence-corrected chi connectivity index (χ1v) is 8.16. The van der Waals surface area contributed by atoms with E-state index in [2.05, 4.69) is 0 Å². The molecule has 0 rings (SSSR count). The Balaban J connectivity index is 2.93. The molecule has 0 aromatic rings. The van der Waals surface area contributed by atoms with Crippen LogP contribution in [0.2, 0.25) is 0 Å². The van der Waals surface area contributed by atoms with Crippen LogP contribution in [0.5, 0.6) is 0 Å². The summed E-state index contributed by atoms with van der Waals surface area (Å²) >= 11 is 0. The summed E-state index contributed by atoms with van der Waals surface area (Å²) in [6.45, 7) is 0.347. The summed E-state index contributed by atoms with van der Waals surface area (Å²) in [6.07, 6.45) is 16.7. The second-order valence-electron chi connectivity index (χ2n) is 5.54. The van der Waals surface area contributed by atoms with Gasteiger partial charge in [0, 0.05) is 13.0 Å². The maximum atomic E-state index is 10.5. The molecule has 1 amide bonds. The van der Waals surface area contributed by atoms with Crippen molar-refractivity contribution in [3.63, 3.8) is 0 Å². The maximum Gasteiger partial charge on any atom is 0.217 e. The standard InChI is InChI=1S/C16H33NO2/c17-16(19)14-12-10-8-6-4-2-1-3-5-7-9-11-13-15-18/h18H,1-15H2,(H2,17,19). The lowest BCUT2D eigenvalue weighted by Gasteiger charge is -2.02. The van der Waals surface area contributed by atoms with Gasteiger partial charge in [-0.2, -0.15) is 0 Å². The van der Waals surface area contributed by atoms with Crippen molar-refractivity contribution >= 4 is 5.91 Å². The predicted octanol–water partition coefficient (Wildman–Crippen LogP) is 3.93. The molecule has 114 valence electrons. The highest BCUT2D eigenvalue weighted by molar-refractivity contribution is 5.73. The van der Waals surface area contributed by atoms with Crippen LogP contribution < -0.4 is 5.73 Å². The van der Waals surface area contributed by atoms with Crippen LogP contribution in [0.1, 0.15) is 89.9 Å². The number of aliphatic hydroxyl groups excluding tert-OH is 1. The van der Waals surface area contributed by atoms with Crippen LogP contribution in [0.25, 0.3) is 0 Å². The lowest BCUT2D eigenvalue weighted by Crippen LogP contribution is -2.09. The van der Waals surface area contributed by atoms with Crippen molar-refractivity contribution in [2.24, 2.45) is 5.73 Å². The molecular formula is C16H33NO2. The summed E-state index contributed by atoms with van der Waals surface area (Å²) in [5.41, 5.74) is 5.09. The average Bonchev–Trinajstić information content (AvgIpc) is 2.39. The number of rotatable bonds is 15. The van der Waals surface area contributed by atoms with Crippen molar-refractivity contribution in [1.29, 1.82) is 0 Å². The number of hydrogen-bond donors (Lipinski definition) is 2. The molecule has 0 bridgehead atoms. The number of amides is 1. The Bertz CT molecular complexity index is 195. The fourth-order valence-corrected chi connectivity index (χ4v) is 2.36. The van der Waals surface area contributed by atoms with Crippen LogP contribution in [0.3, 0.4) is 0 Å². The summed E-state index contributed by atoms with van der Waals surface area (Å²) in [4.78, 5) is 10.5. The Morgan fingerprint density at radius 3 is 1.26 bits per heavy atom. The van der Waals surface area contributed by atoms with Crippen LogP contribution in [-0.2, 0) is 4.79 Å². The topological polar surface area (TPSA) is 63.3 Å². The van der Waals surface area contributed by atoms with E-state index >= 15 is 0 Å². The Kier molecular flexibility index (Phi) is 15.0. The number of carbonyl (C=O) groups excluding carboxylic acids is 1. The van der Waals surface area contributed by atoms with Crippen LogP contribution in [-0.4, -0.2) is 17.6 Å². The van der Waals surface area contributed by atoms with E-state index in [0.717, 1.165) is 19.3 Å². The van der Waals surface area contributed by atoms with Gasteiger partial charge in [0.15, 0.2) is 0 Å². The second kappa shape index (κ2) is 15.5. The Labute approximate surface area is 119 Å². The normalized spacial score (nSPS) is 10.8. The van der Waals surface area contributed by atoms with E-state index in [9.17, 15) is 4.79 Å². The molecule has 3 heteroatoms. The number of nitrogens with two attached hydrogens (primary N) is 1. The molecular weight excluding hydrogens is 238 g/mol. The highest BCUT2D eigenvalue weighted by Gasteiger charge is 1.95. The SMILES string of the molecule is NC(=O)CCCCCCCCCCCCCCCO. The number of carbonyl (C=O) groups is 1. The summed E-state index contributed by atoms with van der Waals surface area (Å²) in [5, 5.41) is 8.65. The first-order chi connectivity index (χ1) is 9.27. The van der Waals surface area contributed by atoms with Crippen molar-refractivity contribution in [3.8, 4) is 0 Å². The molecule has 0 aliphatic heterocycles. The lowest BCUT2D eigenvalue weighted by atomic mass is 10.0. The van der Waals surface area contributed by atoms with Gasteiger partial charge in [-0.3, -0.25) is 4.79 Å². The Morgan fingerprint density at radius 2 is 0.947 bits per heavy atom. The molecule has 0 saturated heterocycles. The fourth-order valence-electron chi connectivity index (χ4n) is 2.36. The van der Waals surface area contributed by atoms with E-state index in [1.807, 2.05) is 0 Å². The predicted molar refractivity (Wildman–Crippen MR) is 80.9 cm³/mol. The first kappa shape index (κ1) is 18.4. The zero-order valence-corrected chi connectivity index (χ0v) is 12.5. The third kappa shape index (κ3) is 17.4. The highest BCUT2D eigenvalue weighted by atomic mass is 16.2. The monoisotopic (exact) mass is 271 g/mol. The molecule has 0 saturated carbocycles. The zero-order valence-electron chi connectivity index (χ0n) is 12.5. The van der Waals surface area contributed by atoms with E-state index in [0.29, 0.717) is 13.0 Å². The van der Waals surface area contributed by atoms with Crippen molar-refractivity contribution in [3.05, 3.63) is 0 Å². The van der Waals surface area contributed by atoms with E-state index in [1.54, 1.807) is 0 Å². The molecule has 3 nitrogen and oxygen atoms in total. The highest BCUT2D eigenvalue weighted by Crippen LogP contribution is 2.12. The third-order valence-electron chi connectivity index (χ3n) is 3.58. The molecule has 0 aliphatic carbocycles. The van der Waals surface area contributed by atoms with Crippen LogP contribution in [0.15, 0.2) is 0 Å².